The highest BCUT2D eigenvalue weighted by atomic mass is 16.5. The summed E-state index contributed by atoms with van der Waals surface area (Å²) >= 11 is 0. The monoisotopic (exact) mass is 248 g/mol. The fourth-order valence-corrected chi connectivity index (χ4v) is 2.43. The van der Waals surface area contributed by atoms with Gasteiger partial charge >= 0.3 is 0 Å². The third kappa shape index (κ3) is 3.72. The smallest absolute Gasteiger partial charge is 0.118 e. The highest BCUT2D eigenvalue weighted by Crippen LogP contribution is 2.17. The standard InChI is InChI=1S/C15H24N2O/c1-12(13-6-8-15(18-2)9-7-13)17-11-14-5-3-4-10-16-14/h6-9,12,14,16-17H,3-5,10-11H2,1-2H3/t12-,14?/m1/s1. The van der Waals surface area contributed by atoms with Crippen molar-refractivity contribution in [1.29, 1.82) is 0 Å². The van der Waals surface area contributed by atoms with Crippen molar-refractivity contribution in [2.75, 3.05) is 20.2 Å². The van der Waals surface area contributed by atoms with Crippen LogP contribution < -0.4 is 15.4 Å². The molecule has 0 saturated carbocycles. The number of piperidine rings is 1. The first-order chi connectivity index (χ1) is 8.79. The van der Waals surface area contributed by atoms with E-state index in [-0.39, 0.29) is 0 Å². The molecule has 1 aromatic rings. The second-order valence-electron chi connectivity index (χ2n) is 5.05. The normalized spacial score (nSPS) is 21.6. The van der Waals surface area contributed by atoms with Crippen molar-refractivity contribution in [2.45, 2.75) is 38.3 Å². The van der Waals surface area contributed by atoms with E-state index in [2.05, 4.69) is 29.7 Å². The van der Waals surface area contributed by atoms with Crippen LogP contribution in [0.15, 0.2) is 24.3 Å². The lowest BCUT2D eigenvalue weighted by Gasteiger charge is -2.25. The molecule has 0 aliphatic carbocycles. The number of rotatable bonds is 5. The highest BCUT2D eigenvalue weighted by molar-refractivity contribution is 5.28. The molecule has 2 N–H and O–H groups in total. The van der Waals surface area contributed by atoms with Gasteiger partial charge in [0, 0.05) is 18.6 Å². The zero-order chi connectivity index (χ0) is 12.8. The molecule has 1 saturated heterocycles. The molecule has 1 heterocycles. The predicted molar refractivity (Wildman–Crippen MR) is 75.1 cm³/mol. The van der Waals surface area contributed by atoms with Crippen LogP contribution in [0.1, 0.15) is 37.8 Å². The quantitative estimate of drug-likeness (QED) is 0.840. The Kier molecular flexibility index (Phi) is 5.02. The molecule has 1 fully saturated rings. The van der Waals surface area contributed by atoms with Crippen molar-refractivity contribution in [2.24, 2.45) is 0 Å². The van der Waals surface area contributed by atoms with E-state index in [0.717, 1.165) is 12.3 Å². The maximum absolute atomic E-state index is 5.17. The molecule has 1 unspecified atom stereocenters. The van der Waals surface area contributed by atoms with Crippen molar-refractivity contribution >= 4 is 0 Å². The van der Waals surface area contributed by atoms with Crippen LogP contribution in [0.25, 0.3) is 0 Å². The fraction of sp³-hybridized carbons (Fsp3) is 0.600. The molecule has 1 aliphatic rings. The number of hydrogen-bond acceptors (Lipinski definition) is 3. The summed E-state index contributed by atoms with van der Waals surface area (Å²) in [5, 5.41) is 7.16. The molecule has 0 radical (unpaired) electrons. The molecule has 3 nitrogen and oxygen atoms in total. The molecule has 0 amide bonds. The van der Waals surface area contributed by atoms with E-state index in [4.69, 9.17) is 4.74 Å². The van der Waals surface area contributed by atoms with E-state index in [1.165, 1.54) is 31.4 Å². The molecule has 0 bridgehead atoms. The Morgan fingerprint density at radius 2 is 2.11 bits per heavy atom. The van der Waals surface area contributed by atoms with Crippen LogP contribution in [-0.4, -0.2) is 26.2 Å². The van der Waals surface area contributed by atoms with Gasteiger partial charge in [-0.3, -0.25) is 0 Å². The first-order valence-corrected chi connectivity index (χ1v) is 6.90. The van der Waals surface area contributed by atoms with Gasteiger partial charge in [-0.15, -0.1) is 0 Å². The van der Waals surface area contributed by atoms with Crippen LogP contribution in [0, 0.1) is 0 Å². The Morgan fingerprint density at radius 1 is 1.33 bits per heavy atom. The summed E-state index contributed by atoms with van der Waals surface area (Å²) in [5.74, 6) is 0.917. The summed E-state index contributed by atoms with van der Waals surface area (Å²) in [6.45, 7) is 4.43. The minimum Gasteiger partial charge on any atom is -0.497 e. The van der Waals surface area contributed by atoms with Gasteiger partial charge in [-0.25, -0.2) is 0 Å². The largest absolute Gasteiger partial charge is 0.497 e. The van der Waals surface area contributed by atoms with Crippen molar-refractivity contribution < 1.29 is 4.74 Å². The first kappa shape index (κ1) is 13.4. The second-order valence-corrected chi connectivity index (χ2v) is 5.05. The highest BCUT2D eigenvalue weighted by Gasteiger charge is 2.13. The second kappa shape index (κ2) is 6.76. The van der Waals surface area contributed by atoms with Gasteiger partial charge in [0.05, 0.1) is 7.11 Å². The van der Waals surface area contributed by atoms with Gasteiger partial charge in [0.2, 0.25) is 0 Å². The van der Waals surface area contributed by atoms with Crippen molar-refractivity contribution in [3.63, 3.8) is 0 Å². The van der Waals surface area contributed by atoms with E-state index in [1.807, 2.05) is 12.1 Å². The molecule has 0 aromatic heterocycles. The van der Waals surface area contributed by atoms with Crippen LogP contribution in [0.2, 0.25) is 0 Å². The lowest BCUT2D eigenvalue weighted by molar-refractivity contribution is 0.371. The molecule has 3 heteroatoms. The Labute approximate surface area is 110 Å². The number of hydrogen-bond donors (Lipinski definition) is 2. The van der Waals surface area contributed by atoms with E-state index < -0.39 is 0 Å². The summed E-state index contributed by atoms with van der Waals surface area (Å²) < 4.78 is 5.17. The van der Waals surface area contributed by atoms with Gasteiger partial charge in [0.15, 0.2) is 0 Å². The molecule has 100 valence electrons. The minimum absolute atomic E-state index is 0.389. The first-order valence-electron chi connectivity index (χ1n) is 6.90. The molecule has 2 atom stereocenters. The lowest BCUT2D eigenvalue weighted by atomic mass is 10.0. The topological polar surface area (TPSA) is 33.3 Å². The Hall–Kier alpha value is -1.06. The minimum atomic E-state index is 0.389. The average molecular weight is 248 g/mol. The van der Waals surface area contributed by atoms with Crippen molar-refractivity contribution in [3.8, 4) is 5.75 Å². The molecule has 0 spiro atoms. The molecule has 2 rings (SSSR count). The van der Waals surface area contributed by atoms with E-state index >= 15 is 0 Å². The molecule has 1 aromatic carbocycles. The van der Waals surface area contributed by atoms with Gasteiger partial charge in [-0.1, -0.05) is 18.6 Å². The van der Waals surface area contributed by atoms with Gasteiger partial charge in [0.25, 0.3) is 0 Å². The predicted octanol–water partition coefficient (Wildman–Crippen LogP) is 2.49. The van der Waals surface area contributed by atoms with Gasteiger partial charge < -0.3 is 15.4 Å². The van der Waals surface area contributed by atoms with Crippen LogP contribution in [0.4, 0.5) is 0 Å². The van der Waals surface area contributed by atoms with Gasteiger partial charge in [0.1, 0.15) is 5.75 Å². The SMILES string of the molecule is COc1ccc([C@@H](C)NCC2CCCCN2)cc1. The van der Waals surface area contributed by atoms with Crippen LogP contribution >= 0.6 is 0 Å². The Morgan fingerprint density at radius 3 is 2.72 bits per heavy atom. The number of nitrogens with one attached hydrogen (secondary N) is 2. The summed E-state index contributed by atoms with van der Waals surface area (Å²) in [6.07, 6.45) is 3.98. The van der Waals surface area contributed by atoms with E-state index in [0.29, 0.717) is 12.1 Å². The van der Waals surface area contributed by atoms with Gasteiger partial charge in [-0.2, -0.15) is 0 Å². The average Bonchev–Trinajstić information content (AvgIpc) is 2.46. The maximum atomic E-state index is 5.17. The third-order valence-electron chi connectivity index (χ3n) is 3.70. The molecule has 1 aliphatic heterocycles. The third-order valence-corrected chi connectivity index (χ3v) is 3.70. The van der Waals surface area contributed by atoms with Crippen LogP contribution in [-0.2, 0) is 0 Å². The Balaban J connectivity index is 1.80. The zero-order valence-electron chi connectivity index (χ0n) is 11.4. The maximum Gasteiger partial charge on any atom is 0.118 e. The van der Waals surface area contributed by atoms with Crippen molar-refractivity contribution in [1.82, 2.24) is 10.6 Å². The molecular formula is C15H24N2O. The molecular weight excluding hydrogens is 224 g/mol. The van der Waals surface area contributed by atoms with Gasteiger partial charge in [-0.05, 0) is 44.0 Å². The Bertz CT molecular complexity index is 344. The summed E-state index contributed by atoms with van der Waals surface area (Å²) in [5.41, 5.74) is 1.31. The summed E-state index contributed by atoms with van der Waals surface area (Å²) in [4.78, 5) is 0. The molecule has 18 heavy (non-hydrogen) atoms. The fourth-order valence-electron chi connectivity index (χ4n) is 2.43. The van der Waals surface area contributed by atoms with Crippen molar-refractivity contribution in [3.05, 3.63) is 29.8 Å². The zero-order valence-corrected chi connectivity index (χ0v) is 11.4. The summed E-state index contributed by atoms with van der Waals surface area (Å²) in [6, 6.07) is 9.33. The number of methoxy groups -OCH3 is 1. The van der Waals surface area contributed by atoms with E-state index in [9.17, 15) is 0 Å². The van der Waals surface area contributed by atoms with E-state index in [1.54, 1.807) is 7.11 Å². The number of benzene rings is 1. The number of ether oxygens (including phenoxy) is 1. The van der Waals surface area contributed by atoms with Crippen LogP contribution in [0.5, 0.6) is 5.75 Å². The van der Waals surface area contributed by atoms with Crippen LogP contribution in [0.3, 0.4) is 0 Å². The summed E-state index contributed by atoms with van der Waals surface area (Å²) in [7, 11) is 1.70. The lowest BCUT2D eigenvalue weighted by Crippen LogP contribution is -2.42.